The number of nitrogens with zero attached hydrogens (tertiary/aromatic N) is 2. The van der Waals surface area contributed by atoms with Crippen LogP contribution in [-0.4, -0.2) is 36.2 Å². The van der Waals surface area contributed by atoms with Crippen LogP contribution in [0.2, 0.25) is 0 Å². The molecule has 0 aliphatic carbocycles. The first kappa shape index (κ1) is 16.6. The third kappa shape index (κ3) is 2.74. The molecule has 4 heteroatoms. The van der Waals surface area contributed by atoms with Gasteiger partial charge in [-0.1, -0.05) is 6.08 Å². The summed E-state index contributed by atoms with van der Waals surface area (Å²) in [7, 11) is 3.72. The lowest BCUT2D eigenvalue weighted by atomic mass is 9.73. The van der Waals surface area contributed by atoms with Crippen molar-refractivity contribution < 1.29 is 14.4 Å². The van der Waals surface area contributed by atoms with Crippen molar-refractivity contribution in [2.24, 2.45) is 18.9 Å². The van der Waals surface area contributed by atoms with Gasteiger partial charge in [0.1, 0.15) is 12.8 Å². The molecule has 1 aromatic carbocycles. The van der Waals surface area contributed by atoms with Crippen LogP contribution in [0.1, 0.15) is 24.5 Å². The van der Waals surface area contributed by atoms with Crippen molar-refractivity contribution in [1.82, 2.24) is 4.90 Å². The average molecular weight is 339 g/mol. The van der Waals surface area contributed by atoms with Crippen LogP contribution in [0.25, 0.3) is 10.9 Å². The Hall–Kier alpha value is -1.91. The molecule has 1 unspecified atom stereocenters. The van der Waals surface area contributed by atoms with E-state index in [2.05, 4.69) is 34.3 Å². The zero-order valence-corrected chi connectivity index (χ0v) is 15.1. The van der Waals surface area contributed by atoms with E-state index >= 15 is 0 Å². The highest BCUT2D eigenvalue weighted by Gasteiger charge is 2.42. The molecule has 2 aromatic rings. The maximum absolute atomic E-state index is 11.3. The number of aryl methyl sites for hydroxylation is 1. The van der Waals surface area contributed by atoms with Crippen molar-refractivity contribution in [1.29, 1.82) is 0 Å². The monoisotopic (exact) mass is 339 g/mol. The molecule has 0 saturated carbocycles. The van der Waals surface area contributed by atoms with Crippen LogP contribution < -0.4 is 9.30 Å². The molecule has 1 N–H and O–H groups in total. The third-order valence-electron chi connectivity index (χ3n) is 6.21. The van der Waals surface area contributed by atoms with E-state index in [0.717, 1.165) is 41.7 Å². The normalized spacial score (nSPS) is 29.6. The summed E-state index contributed by atoms with van der Waals surface area (Å²) in [5, 5.41) is 12.3. The standard InChI is InChI=1S/C21H27N2O2/c1-4-14-13-23-10-7-15(14)11-20(23)21(24)17-8-9-22(2)19-6-5-16(25-3)12-18(17)19/h4-6,8-9,12,14-15,20-21,24H,1,7,10-11,13H2,2-3H3/q+1/t14-,15-,20-,21+/m0/s1. The fourth-order valence-corrected chi connectivity index (χ4v) is 4.71. The van der Waals surface area contributed by atoms with Crippen molar-refractivity contribution in [2.75, 3.05) is 20.2 Å². The molecule has 0 amide bonds. The number of hydrogen-bond acceptors (Lipinski definition) is 3. The highest BCUT2D eigenvalue weighted by molar-refractivity contribution is 5.81. The topological polar surface area (TPSA) is 36.6 Å². The Labute approximate surface area is 149 Å². The fraction of sp³-hybridized carbons (Fsp3) is 0.476. The van der Waals surface area contributed by atoms with Crippen LogP contribution in [0.5, 0.6) is 5.75 Å². The van der Waals surface area contributed by atoms with Gasteiger partial charge in [0.05, 0.1) is 18.6 Å². The summed E-state index contributed by atoms with van der Waals surface area (Å²) in [5.74, 6) is 2.05. The molecule has 5 rings (SSSR count). The van der Waals surface area contributed by atoms with Gasteiger partial charge in [0.2, 0.25) is 5.52 Å². The van der Waals surface area contributed by atoms with E-state index in [9.17, 15) is 5.11 Å². The molecule has 0 radical (unpaired) electrons. The Balaban J connectivity index is 1.72. The van der Waals surface area contributed by atoms with E-state index in [4.69, 9.17) is 4.74 Å². The second-order valence-corrected chi connectivity index (χ2v) is 7.46. The molecule has 3 aliphatic heterocycles. The first-order chi connectivity index (χ1) is 12.1. The molecular weight excluding hydrogens is 312 g/mol. The number of pyridine rings is 1. The number of aliphatic hydroxyl groups is 1. The first-order valence-electron chi connectivity index (χ1n) is 9.13. The molecule has 5 atom stereocenters. The zero-order valence-electron chi connectivity index (χ0n) is 15.1. The summed E-state index contributed by atoms with van der Waals surface area (Å²) in [6.45, 7) is 6.10. The number of fused-ring (bicyclic) bond motifs is 4. The van der Waals surface area contributed by atoms with Gasteiger partial charge in [-0.25, -0.2) is 4.57 Å². The maximum atomic E-state index is 11.3. The van der Waals surface area contributed by atoms with Gasteiger partial charge in [0.25, 0.3) is 0 Å². The second kappa shape index (κ2) is 6.43. The Morgan fingerprint density at radius 2 is 2.24 bits per heavy atom. The quantitative estimate of drug-likeness (QED) is 0.687. The van der Waals surface area contributed by atoms with Crippen LogP contribution in [0.3, 0.4) is 0 Å². The summed E-state index contributed by atoms with van der Waals surface area (Å²) in [6.07, 6.45) is 5.92. The van der Waals surface area contributed by atoms with Crippen molar-refractivity contribution in [3.8, 4) is 5.75 Å². The lowest BCUT2D eigenvalue weighted by molar-refractivity contribution is -0.645. The lowest BCUT2D eigenvalue weighted by Gasteiger charge is -2.50. The summed E-state index contributed by atoms with van der Waals surface area (Å²) in [6, 6.07) is 8.32. The van der Waals surface area contributed by atoms with E-state index in [1.165, 1.54) is 6.42 Å². The summed E-state index contributed by atoms with van der Waals surface area (Å²) in [4.78, 5) is 2.45. The first-order valence-corrected chi connectivity index (χ1v) is 9.13. The largest absolute Gasteiger partial charge is 0.497 e. The Morgan fingerprint density at radius 1 is 1.40 bits per heavy atom. The van der Waals surface area contributed by atoms with Gasteiger partial charge in [0.15, 0.2) is 6.20 Å². The zero-order chi connectivity index (χ0) is 17.6. The predicted molar refractivity (Wildman–Crippen MR) is 98.4 cm³/mol. The molecular formula is C21H27N2O2+. The van der Waals surface area contributed by atoms with E-state index in [1.807, 2.05) is 25.4 Å². The van der Waals surface area contributed by atoms with Gasteiger partial charge in [-0.15, -0.1) is 6.58 Å². The molecule has 4 nitrogen and oxygen atoms in total. The lowest BCUT2D eigenvalue weighted by Crippen LogP contribution is -2.54. The number of aliphatic hydroxyl groups excluding tert-OH is 1. The van der Waals surface area contributed by atoms with Gasteiger partial charge in [-0.05, 0) is 43.4 Å². The SMILES string of the molecule is C=C[C@H]1CN2CC[C@H]1C[C@H]2[C@H](O)c1cc[n+](C)c2ccc(OC)cc12. The Bertz CT molecular complexity index is 804. The number of rotatable bonds is 4. The van der Waals surface area contributed by atoms with Crippen LogP contribution >= 0.6 is 0 Å². The van der Waals surface area contributed by atoms with Gasteiger partial charge in [-0.3, -0.25) is 4.90 Å². The molecule has 3 fully saturated rings. The van der Waals surface area contributed by atoms with Crippen LogP contribution in [0, 0.1) is 11.8 Å². The third-order valence-corrected chi connectivity index (χ3v) is 6.21. The second-order valence-electron chi connectivity index (χ2n) is 7.46. The highest BCUT2D eigenvalue weighted by Crippen LogP contribution is 2.42. The highest BCUT2D eigenvalue weighted by atomic mass is 16.5. The summed E-state index contributed by atoms with van der Waals surface area (Å²) >= 11 is 0. The molecule has 132 valence electrons. The summed E-state index contributed by atoms with van der Waals surface area (Å²) in [5.41, 5.74) is 2.11. The van der Waals surface area contributed by atoms with E-state index in [1.54, 1.807) is 7.11 Å². The molecule has 2 bridgehead atoms. The number of methoxy groups -OCH3 is 1. The number of aromatic nitrogens is 1. The number of piperidine rings is 3. The predicted octanol–water partition coefficient (Wildman–Crippen LogP) is 2.60. The summed E-state index contributed by atoms with van der Waals surface area (Å²) < 4.78 is 7.50. The number of hydrogen-bond donors (Lipinski definition) is 1. The van der Waals surface area contributed by atoms with Crippen molar-refractivity contribution in [3.63, 3.8) is 0 Å². The smallest absolute Gasteiger partial charge is 0.212 e. The molecule has 1 aromatic heterocycles. The minimum Gasteiger partial charge on any atom is -0.497 e. The fourth-order valence-electron chi connectivity index (χ4n) is 4.71. The Kier molecular flexibility index (Phi) is 4.26. The molecule has 0 spiro atoms. The van der Waals surface area contributed by atoms with E-state index < -0.39 is 6.10 Å². The maximum Gasteiger partial charge on any atom is 0.212 e. The van der Waals surface area contributed by atoms with Gasteiger partial charge < -0.3 is 9.84 Å². The van der Waals surface area contributed by atoms with Crippen LogP contribution in [-0.2, 0) is 7.05 Å². The number of ether oxygens (including phenoxy) is 1. The minimum atomic E-state index is -0.482. The minimum absolute atomic E-state index is 0.192. The van der Waals surface area contributed by atoms with E-state index in [0.29, 0.717) is 11.8 Å². The van der Waals surface area contributed by atoms with Crippen LogP contribution in [0.15, 0.2) is 43.1 Å². The van der Waals surface area contributed by atoms with Gasteiger partial charge >= 0.3 is 0 Å². The van der Waals surface area contributed by atoms with Crippen molar-refractivity contribution >= 4 is 10.9 Å². The van der Waals surface area contributed by atoms with Gasteiger partial charge in [0, 0.05) is 30.3 Å². The molecule has 3 aliphatic rings. The van der Waals surface area contributed by atoms with Crippen molar-refractivity contribution in [3.05, 3.63) is 48.7 Å². The van der Waals surface area contributed by atoms with Gasteiger partial charge in [-0.2, -0.15) is 0 Å². The number of benzene rings is 1. The Morgan fingerprint density at radius 3 is 2.92 bits per heavy atom. The van der Waals surface area contributed by atoms with Crippen molar-refractivity contribution in [2.45, 2.75) is 25.0 Å². The van der Waals surface area contributed by atoms with Crippen LogP contribution in [0.4, 0.5) is 0 Å². The average Bonchev–Trinajstić information content (AvgIpc) is 2.67. The van der Waals surface area contributed by atoms with E-state index in [-0.39, 0.29) is 6.04 Å². The molecule has 25 heavy (non-hydrogen) atoms. The molecule has 4 heterocycles. The molecule has 3 saturated heterocycles.